The summed E-state index contributed by atoms with van der Waals surface area (Å²) in [6.07, 6.45) is 0. The largest absolute Gasteiger partial charge is 5.00 e. The first-order chi connectivity index (χ1) is 0. The van der Waals surface area contributed by atoms with E-state index in [-0.39, 0.29) is 86.4 Å². The first-order valence-electron chi connectivity index (χ1n) is 0. The molecule has 0 radical (unpaired) electrons. The van der Waals surface area contributed by atoms with E-state index in [1.54, 1.807) is 0 Å². The molecule has 0 amide bonds. The molecule has 0 aromatic heterocycles. The molecule has 0 rings (SSSR count). The van der Waals surface area contributed by atoms with Gasteiger partial charge in [-0.1, -0.05) is 0 Å². The van der Waals surface area contributed by atoms with E-state index in [1.165, 1.54) is 0 Å². The molecule has 0 unspecified atom stereocenters. The van der Waals surface area contributed by atoms with Gasteiger partial charge in [-0.2, -0.15) is 0 Å². The van der Waals surface area contributed by atoms with Crippen LogP contribution in [0.5, 0.6) is 0 Å². The fourth-order valence-corrected chi connectivity index (χ4v) is 0. The molecule has 0 saturated heterocycles. The van der Waals surface area contributed by atoms with Crippen LogP contribution >= 0.6 is 0 Å². The van der Waals surface area contributed by atoms with Crippen LogP contribution in [0.15, 0.2) is 0 Å². The second-order valence-electron chi connectivity index (χ2n) is 0. The molecule has 0 N–H and O–H groups in total. The van der Waals surface area contributed by atoms with Gasteiger partial charge < -0.3 is 5.48 Å². The molecule has 0 fully saturated rings. The van der Waals surface area contributed by atoms with Crippen LogP contribution in [0.2, 0.25) is 0 Å². The standard InChI is InChI=1S/In.O.Ta.Y/q+3;-2;+5;+3. The molecule has 4 heteroatoms. The van der Waals surface area contributed by atoms with Gasteiger partial charge in [0.15, 0.2) is 0 Å². The van der Waals surface area contributed by atoms with Crippen molar-refractivity contribution in [2.75, 3.05) is 0 Å². The van der Waals surface area contributed by atoms with Crippen LogP contribution in [0.4, 0.5) is 0 Å². The third-order valence-corrected chi connectivity index (χ3v) is 0. The fourth-order valence-electron chi connectivity index (χ4n) is 0. The van der Waals surface area contributed by atoms with E-state index in [1.807, 2.05) is 0 Å². The SMILES string of the molecule is [In+3].[O-2].[Ta+5].[Y+3]. The molecule has 4 heavy (non-hydrogen) atoms. The summed E-state index contributed by atoms with van der Waals surface area (Å²) in [5.41, 5.74) is 0. The molecule has 0 heterocycles. The minimum atomic E-state index is 0. The van der Waals surface area contributed by atoms with E-state index in [0.717, 1.165) is 0 Å². The Hall–Kier alpha value is 2.67. The van der Waals surface area contributed by atoms with E-state index in [4.69, 9.17) is 0 Å². The minimum Gasteiger partial charge on any atom is -2.00 e. The van der Waals surface area contributed by atoms with Gasteiger partial charge in [0.25, 0.3) is 0 Å². The summed E-state index contributed by atoms with van der Waals surface area (Å²) in [5, 5.41) is 0. The Balaban J connectivity index is 0. The zero-order valence-corrected chi connectivity index (χ0v) is 11.4. The summed E-state index contributed by atoms with van der Waals surface area (Å²) in [7, 11) is 0. The Morgan fingerprint density at radius 3 is 1.00 bits per heavy atom. The Kier molecular flexibility index (Phi) is 130. The van der Waals surface area contributed by atoms with Crippen molar-refractivity contribution in [3.05, 3.63) is 0 Å². The van der Waals surface area contributed by atoms with Crippen molar-refractivity contribution in [2.45, 2.75) is 0 Å². The van der Waals surface area contributed by atoms with Gasteiger partial charge in [-0.3, -0.25) is 0 Å². The quantitative estimate of drug-likeness (QED) is 0.524. The van der Waals surface area contributed by atoms with E-state index in [0.29, 0.717) is 0 Å². The van der Waals surface area contributed by atoms with Crippen molar-refractivity contribution in [3.8, 4) is 0 Å². The normalized spacial score (nSPS) is 0. The van der Waals surface area contributed by atoms with Crippen molar-refractivity contribution in [1.82, 2.24) is 0 Å². The average Bonchev–Trinajstić information content (AvgIpc) is 0. The summed E-state index contributed by atoms with van der Waals surface area (Å²) in [6, 6.07) is 0. The molecule has 0 aliphatic heterocycles. The maximum Gasteiger partial charge on any atom is 5.00 e. The minimum absolute atomic E-state index is 0. The summed E-state index contributed by atoms with van der Waals surface area (Å²) < 4.78 is 0. The van der Waals surface area contributed by atoms with Gasteiger partial charge in [0.05, 0.1) is 0 Å². The molecule has 8 valence electrons. The topological polar surface area (TPSA) is 28.5 Å². The van der Waals surface area contributed by atoms with E-state index in [9.17, 15) is 0 Å². The summed E-state index contributed by atoms with van der Waals surface area (Å²) >= 11 is 0. The molecule has 0 aromatic rings. The molecule has 0 aromatic carbocycles. The maximum absolute atomic E-state index is 0. The molecular formula is InOTaY+9. The molecule has 0 aliphatic rings. The van der Waals surface area contributed by atoms with Gasteiger partial charge in [-0.05, 0) is 0 Å². The maximum atomic E-state index is 0. The van der Waals surface area contributed by atoms with E-state index < -0.39 is 0 Å². The summed E-state index contributed by atoms with van der Waals surface area (Å²) in [5.74, 6) is 0. The van der Waals surface area contributed by atoms with Crippen molar-refractivity contribution < 1.29 is 60.6 Å². The Morgan fingerprint density at radius 2 is 1.00 bits per heavy atom. The first kappa shape index (κ1) is 30.0. The van der Waals surface area contributed by atoms with Crippen LogP contribution in [-0.4, -0.2) is 25.8 Å². The van der Waals surface area contributed by atoms with Crippen molar-refractivity contribution in [3.63, 3.8) is 0 Å². The van der Waals surface area contributed by atoms with Crippen LogP contribution in [-0.2, 0) is 60.6 Å². The average molecular weight is 401 g/mol. The Labute approximate surface area is 84.8 Å². The van der Waals surface area contributed by atoms with Gasteiger partial charge in [0.1, 0.15) is 0 Å². The number of hydrogen-bond acceptors (Lipinski definition) is 0. The number of rotatable bonds is 0. The van der Waals surface area contributed by atoms with Gasteiger partial charge in [-0.15, -0.1) is 0 Å². The monoisotopic (exact) mass is 401 g/mol. The van der Waals surface area contributed by atoms with Crippen molar-refractivity contribution in [1.29, 1.82) is 0 Å². The van der Waals surface area contributed by atoms with Gasteiger partial charge in [0, 0.05) is 0 Å². The smallest absolute Gasteiger partial charge is 2.00 e. The molecule has 0 spiro atoms. The van der Waals surface area contributed by atoms with Gasteiger partial charge >= 0.3 is 80.9 Å². The fraction of sp³-hybridized carbons (Fsp3) is 0. The molecule has 0 atom stereocenters. The Morgan fingerprint density at radius 1 is 1.00 bits per heavy atom. The zero-order valence-electron chi connectivity index (χ0n) is 2.01. The van der Waals surface area contributed by atoms with Crippen molar-refractivity contribution >= 4 is 25.8 Å². The van der Waals surface area contributed by atoms with Crippen LogP contribution in [0.25, 0.3) is 0 Å². The first-order valence-corrected chi connectivity index (χ1v) is 0. The van der Waals surface area contributed by atoms with Gasteiger partial charge in [0.2, 0.25) is 0 Å². The Bertz CT molecular complexity index is 8.00. The third kappa shape index (κ3) is 8.82. The van der Waals surface area contributed by atoms with E-state index >= 15 is 0 Å². The molecule has 0 aliphatic carbocycles. The van der Waals surface area contributed by atoms with Crippen molar-refractivity contribution in [2.24, 2.45) is 0 Å². The molecular weight excluding hydrogens is 401 g/mol. The summed E-state index contributed by atoms with van der Waals surface area (Å²) in [6.45, 7) is 0. The van der Waals surface area contributed by atoms with Crippen LogP contribution in [0.1, 0.15) is 0 Å². The second-order valence-corrected chi connectivity index (χ2v) is 0. The zero-order chi connectivity index (χ0) is 0. The predicted octanol–water partition coefficient (Wildman–Crippen LogP) is -0.505. The number of hydrogen-bond donors (Lipinski definition) is 0. The van der Waals surface area contributed by atoms with Crippen LogP contribution in [0, 0.1) is 0 Å². The predicted molar refractivity (Wildman–Crippen MR) is 6.44 cm³/mol. The van der Waals surface area contributed by atoms with E-state index in [2.05, 4.69) is 0 Å². The van der Waals surface area contributed by atoms with Gasteiger partial charge in [-0.25, -0.2) is 0 Å². The van der Waals surface area contributed by atoms with Crippen LogP contribution in [0.3, 0.4) is 0 Å². The summed E-state index contributed by atoms with van der Waals surface area (Å²) in [4.78, 5) is 0. The molecule has 1 nitrogen and oxygen atoms in total. The third-order valence-electron chi connectivity index (χ3n) is 0. The molecule has 0 bridgehead atoms. The second kappa shape index (κ2) is 17.3. The molecule has 0 saturated carbocycles. The van der Waals surface area contributed by atoms with Crippen LogP contribution < -0.4 is 0 Å².